The number of halogens is 1. The minimum Gasteiger partial charge on any atom is -0.469 e. The molecule has 0 bridgehead atoms. The van der Waals surface area contributed by atoms with Crippen LogP contribution in [0.2, 0.25) is 5.02 Å². The maximum Gasteiger partial charge on any atom is 0.271 e. The molecule has 1 amide bonds. The molecule has 118 valence electrons. The Morgan fingerprint density at radius 1 is 1.35 bits per heavy atom. The zero-order valence-electron chi connectivity index (χ0n) is 12.8. The highest BCUT2D eigenvalue weighted by Gasteiger charge is 2.17. The van der Waals surface area contributed by atoms with Crippen molar-refractivity contribution < 1.29 is 9.21 Å². The van der Waals surface area contributed by atoms with Gasteiger partial charge in [0.2, 0.25) is 0 Å². The number of aryl methyl sites for hydroxylation is 1. The van der Waals surface area contributed by atoms with Crippen LogP contribution in [0.3, 0.4) is 0 Å². The van der Waals surface area contributed by atoms with Gasteiger partial charge >= 0.3 is 0 Å². The van der Waals surface area contributed by atoms with Crippen molar-refractivity contribution in [1.82, 2.24) is 15.1 Å². The van der Waals surface area contributed by atoms with Gasteiger partial charge in [-0.25, -0.2) is 0 Å². The van der Waals surface area contributed by atoms with Crippen LogP contribution >= 0.6 is 11.6 Å². The first-order valence-electron chi connectivity index (χ1n) is 7.14. The lowest BCUT2D eigenvalue weighted by Crippen LogP contribution is -2.26. The van der Waals surface area contributed by atoms with Gasteiger partial charge in [0.05, 0.1) is 12.0 Å². The van der Waals surface area contributed by atoms with E-state index < -0.39 is 0 Å². The van der Waals surface area contributed by atoms with E-state index in [2.05, 4.69) is 10.2 Å². The number of amides is 1. The molecule has 0 unspecified atom stereocenters. The van der Waals surface area contributed by atoms with Crippen LogP contribution in [0.1, 0.15) is 21.8 Å². The first-order valence-corrected chi connectivity index (χ1v) is 7.52. The molecule has 0 saturated carbocycles. The summed E-state index contributed by atoms with van der Waals surface area (Å²) in [6.45, 7) is 2.35. The largest absolute Gasteiger partial charge is 0.469 e. The average Bonchev–Trinajstić information content (AvgIpc) is 3.16. The second-order valence-corrected chi connectivity index (χ2v) is 5.78. The lowest BCUT2D eigenvalue weighted by atomic mass is 10.1. The Balaban J connectivity index is 1.77. The summed E-state index contributed by atoms with van der Waals surface area (Å²) in [5.41, 5.74) is 2.96. The van der Waals surface area contributed by atoms with Crippen molar-refractivity contribution in [1.29, 1.82) is 0 Å². The standard InChI is InChI=1S/C17H16ClN3O2/c1-11-13(6-7-23-11)10-21(2)17(22)16-9-15(19-20-16)12-4-3-5-14(18)8-12/h3-9H,10H2,1-2H3,(H,19,20). The van der Waals surface area contributed by atoms with Gasteiger partial charge in [-0.3, -0.25) is 9.89 Å². The van der Waals surface area contributed by atoms with E-state index in [1.807, 2.05) is 31.2 Å². The van der Waals surface area contributed by atoms with Crippen LogP contribution in [0.5, 0.6) is 0 Å². The van der Waals surface area contributed by atoms with Gasteiger partial charge in [-0.05, 0) is 31.2 Å². The number of rotatable bonds is 4. The normalized spacial score (nSPS) is 10.7. The molecule has 5 nitrogen and oxygen atoms in total. The monoisotopic (exact) mass is 329 g/mol. The third-order valence-electron chi connectivity index (χ3n) is 3.65. The van der Waals surface area contributed by atoms with Crippen LogP contribution in [0, 0.1) is 6.92 Å². The van der Waals surface area contributed by atoms with Crippen LogP contribution in [-0.2, 0) is 6.54 Å². The van der Waals surface area contributed by atoms with Crippen LogP contribution < -0.4 is 0 Å². The van der Waals surface area contributed by atoms with E-state index in [1.165, 1.54) is 0 Å². The molecular formula is C17H16ClN3O2. The Morgan fingerprint density at radius 2 is 2.17 bits per heavy atom. The molecule has 2 aromatic heterocycles. The highest BCUT2D eigenvalue weighted by molar-refractivity contribution is 6.30. The number of aromatic amines is 1. The van der Waals surface area contributed by atoms with Gasteiger partial charge in [-0.2, -0.15) is 5.10 Å². The lowest BCUT2D eigenvalue weighted by molar-refractivity contribution is 0.0779. The van der Waals surface area contributed by atoms with Gasteiger partial charge in [-0.15, -0.1) is 0 Å². The number of furan rings is 1. The molecule has 23 heavy (non-hydrogen) atoms. The molecule has 0 aliphatic heterocycles. The summed E-state index contributed by atoms with van der Waals surface area (Å²) >= 11 is 5.99. The summed E-state index contributed by atoms with van der Waals surface area (Å²) in [5.74, 6) is 0.681. The number of H-pyrrole nitrogens is 1. The molecule has 3 aromatic rings. The number of benzene rings is 1. The minimum atomic E-state index is -0.133. The quantitative estimate of drug-likeness (QED) is 0.789. The predicted molar refractivity (Wildman–Crippen MR) is 88.3 cm³/mol. The van der Waals surface area contributed by atoms with Gasteiger partial charge in [0.15, 0.2) is 0 Å². The second-order valence-electron chi connectivity index (χ2n) is 5.34. The van der Waals surface area contributed by atoms with Crippen molar-refractivity contribution in [2.24, 2.45) is 0 Å². The number of hydrogen-bond acceptors (Lipinski definition) is 3. The van der Waals surface area contributed by atoms with Gasteiger partial charge in [0, 0.05) is 29.7 Å². The van der Waals surface area contributed by atoms with Crippen molar-refractivity contribution in [3.8, 4) is 11.3 Å². The first-order chi connectivity index (χ1) is 11.0. The molecule has 6 heteroatoms. The van der Waals surface area contributed by atoms with Crippen molar-refractivity contribution in [3.05, 3.63) is 64.7 Å². The summed E-state index contributed by atoms with van der Waals surface area (Å²) in [7, 11) is 1.74. The second kappa shape index (κ2) is 6.30. The van der Waals surface area contributed by atoms with Gasteiger partial charge in [0.25, 0.3) is 5.91 Å². The molecule has 1 N–H and O–H groups in total. The van der Waals surface area contributed by atoms with E-state index in [-0.39, 0.29) is 5.91 Å². The highest BCUT2D eigenvalue weighted by atomic mass is 35.5. The third-order valence-corrected chi connectivity index (χ3v) is 3.88. The summed E-state index contributed by atoms with van der Waals surface area (Å²) < 4.78 is 5.25. The fraction of sp³-hybridized carbons (Fsp3) is 0.176. The van der Waals surface area contributed by atoms with E-state index in [4.69, 9.17) is 16.0 Å². The van der Waals surface area contributed by atoms with Crippen LogP contribution in [0.4, 0.5) is 0 Å². The molecule has 1 aromatic carbocycles. The molecule has 3 rings (SSSR count). The maximum absolute atomic E-state index is 12.5. The third kappa shape index (κ3) is 3.29. The molecule has 0 atom stereocenters. The molecule has 0 radical (unpaired) electrons. The summed E-state index contributed by atoms with van der Waals surface area (Å²) in [6, 6.07) is 10.9. The molecule has 2 heterocycles. The van der Waals surface area contributed by atoms with E-state index >= 15 is 0 Å². The molecule has 0 saturated heterocycles. The zero-order chi connectivity index (χ0) is 16.4. The minimum absolute atomic E-state index is 0.133. The van der Waals surface area contributed by atoms with Crippen LogP contribution in [-0.4, -0.2) is 28.1 Å². The van der Waals surface area contributed by atoms with E-state index in [0.717, 1.165) is 16.9 Å². The summed E-state index contributed by atoms with van der Waals surface area (Å²) in [6.07, 6.45) is 1.62. The highest BCUT2D eigenvalue weighted by Crippen LogP contribution is 2.22. The number of nitrogens with zero attached hydrogens (tertiary/aromatic N) is 2. The van der Waals surface area contributed by atoms with Crippen molar-refractivity contribution in [2.75, 3.05) is 7.05 Å². The van der Waals surface area contributed by atoms with E-state index in [0.29, 0.717) is 23.0 Å². The van der Waals surface area contributed by atoms with Gasteiger partial charge < -0.3 is 9.32 Å². The fourth-order valence-corrected chi connectivity index (χ4v) is 2.53. The average molecular weight is 330 g/mol. The summed E-state index contributed by atoms with van der Waals surface area (Å²) in [4.78, 5) is 14.1. The van der Waals surface area contributed by atoms with Crippen LogP contribution in [0.25, 0.3) is 11.3 Å². The molecule has 0 fully saturated rings. The summed E-state index contributed by atoms with van der Waals surface area (Å²) in [5, 5.41) is 7.62. The van der Waals surface area contributed by atoms with E-state index in [9.17, 15) is 4.79 Å². The topological polar surface area (TPSA) is 62.1 Å². The Morgan fingerprint density at radius 3 is 2.87 bits per heavy atom. The molecule has 0 aliphatic carbocycles. The zero-order valence-corrected chi connectivity index (χ0v) is 13.6. The van der Waals surface area contributed by atoms with Crippen molar-refractivity contribution in [3.63, 3.8) is 0 Å². The number of hydrogen-bond donors (Lipinski definition) is 1. The lowest BCUT2D eigenvalue weighted by Gasteiger charge is -2.15. The van der Waals surface area contributed by atoms with Gasteiger partial charge in [-0.1, -0.05) is 23.7 Å². The molecular weight excluding hydrogens is 314 g/mol. The Bertz CT molecular complexity index is 838. The first kappa shape index (κ1) is 15.4. The fourth-order valence-electron chi connectivity index (χ4n) is 2.34. The predicted octanol–water partition coefficient (Wildman–Crippen LogP) is 3.90. The number of aromatic nitrogens is 2. The maximum atomic E-state index is 12.5. The molecule has 0 aliphatic rings. The van der Waals surface area contributed by atoms with Crippen molar-refractivity contribution in [2.45, 2.75) is 13.5 Å². The van der Waals surface area contributed by atoms with Crippen molar-refractivity contribution >= 4 is 17.5 Å². The van der Waals surface area contributed by atoms with Crippen LogP contribution in [0.15, 0.2) is 47.1 Å². The Labute approximate surface area is 138 Å². The smallest absolute Gasteiger partial charge is 0.271 e. The SMILES string of the molecule is Cc1occc1CN(C)C(=O)c1cc(-c2cccc(Cl)c2)n[nH]1. The number of nitrogens with one attached hydrogen (secondary N) is 1. The Hall–Kier alpha value is -2.53. The van der Waals surface area contributed by atoms with Gasteiger partial charge in [0.1, 0.15) is 11.5 Å². The number of carbonyl (C=O) groups excluding carboxylic acids is 1. The number of carbonyl (C=O) groups is 1. The Kier molecular flexibility index (Phi) is 4.21. The van der Waals surface area contributed by atoms with E-state index in [1.54, 1.807) is 30.3 Å². The molecule has 0 spiro atoms.